The van der Waals surface area contributed by atoms with Crippen molar-refractivity contribution in [3.05, 3.63) is 42.1 Å². The third kappa shape index (κ3) is 3.16. The summed E-state index contributed by atoms with van der Waals surface area (Å²) in [7, 11) is 0. The van der Waals surface area contributed by atoms with Gasteiger partial charge in [0.1, 0.15) is 11.8 Å². The normalized spacial score (nSPS) is 22.0. The summed E-state index contributed by atoms with van der Waals surface area (Å²) in [6, 6.07) is 9.47. The van der Waals surface area contributed by atoms with Crippen LogP contribution in [0, 0.1) is 0 Å². The molecule has 3 aliphatic rings. The maximum atomic E-state index is 12.3. The van der Waals surface area contributed by atoms with E-state index in [1.807, 2.05) is 24.4 Å². The van der Waals surface area contributed by atoms with Gasteiger partial charge in [-0.1, -0.05) is 6.07 Å². The van der Waals surface area contributed by atoms with E-state index in [9.17, 15) is 9.90 Å². The summed E-state index contributed by atoms with van der Waals surface area (Å²) in [6.45, 7) is 5.49. The van der Waals surface area contributed by atoms with Crippen LogP contribution in [0.15, 0.2) is 36.5 Å². The van der Waals surface area contributed by atoms with Gasteiger partial charge in [0.05, 0.1) is 5.69 Å². The molecule has 7 heteroatoms. The Hall–Kier alpha value is -2.80. The van der Waals surface area contributed by atoms with Gasteiger partial charge in [0, 0.05) is 57.2 Å². The molecular formula is C21H25N5O2. The molecule has 1 amide bonds. The van der Waals surface area contributed by atoms with Crippen LogP contribution in [-0.2, 0) is 11.3 Å². The number of phenols is 1. The first-order valence-corrected chi connectivity index (χ1v) is 10.0. The van der Waals surface area contributed by atoms with Gasteiger partial charge < -0.3 is 20.2 Å². The minimum Gasteiger partial charge on any atom is -0.508 e. The summed E-state index contributed by atoms with van der Waals surface area (Å²) in [5.41, 5.74) is 3.04. The highest BCUT2D eigenvalue weighted by Crippen LogP contribution is 2.35. The zero-order valence-electron chi connectivity index (χ0n) is 15.8. The fraction of sp³-hybridized carbons (Fsp3) is 0.429. The summed E-state index contributed by atoms with van der Waals surface area (Å²) >= 11 is 0. The lowest BCUT2D eigenvalue weighted by molar-refractivity contribution is -0.117. The molecule has 3 aliphatic heterocycles. The molecule has 28 heavy (non-hydrogen) atoms. The van der Waals surface area contributed by atoms with E-state index in [-0.39, 0.29) is 11.9 Å². The third-order valence-electron chi connectivity index (χ3n) is 5.98. The number of piperazine rings is 1. The lowest BCUT2D eigenvalue weighted by atomic mass is 10.1. The number of amides is 1. The van der Waals surface area contributed by atoms with E-state index < -0.39 is 0 Å². The molecule has 0 radical (unpaired) electrons. The van der Waals surface area contributed by atoms with Crippen LogP contribution in [-0.4, -0.2) is 59.7 Å². The monoisotopic (exact) mass is 379 g/mol. The number of pyridine rings is 1. The second-order valence-electron chi connectivity index (χ2n) is 7.84. The van der Waals surface area contributed by atoms with Crippen LogP contribution >= 0.6 is 0 Å². The molecular weight excluding hydrogens is 354 g/mol. The number of phenolic OH excluding ortho intramolecular Hbond substituents is 1. The molecule has 2 fully saturated rings. The van der Waals surface area contributed by atoms with Crippen LogP contribution in [0.2, 0.25) is 0 Å². The van der Waals surface area contributed by atoms with Gasteiger partial charge >= 0.3 is 0 Å². The highest BCUT2D eigenvalue weighted by molar-refractivity contribution is 6.03. The molecule has 5 rings (SSSR count). The summed E-state index contributed by atoms with van der Waals surface area (Å²) in [5, 5.41) is 12.7. The van der Waals surface area contributed by atoms with Crippen LogP contribution in [0.25, 0.3) is 0 Å². The molecule has 0 unspecified atom stereocenters. The topological polar surface area (TPSA) is 71.9 Å². The first-order valence-electron chi connectivity index (χ1n) is 10.0. The van der Waals surface area contributed by atoms with Crippen molar-refractivity contribution >= 4 is 23.1 Å². The van der Waals surface area contributed by atoms with E-state index in [4.69, 9.17) is 0 Å². The highest BCUT2D eigenvalue weighted by atomic mass is 16.3. The Morgan fingerprint density at radius 2 is 2.00 bits per heavy atom. The zero-order valence-corrected chi connectivity index (χ0v) is 15.8. The molecule has 0 saturated carbocycles. The van der Waals surface area contributed by atoms with Crippen molar-refractivity contribution in [2.24, 2.45) is 0 Å². The number of aromatic nitrogens is 1. The quantitative estimate of drug-likeness (QED) is 0.850. The van der Waals surface area contributed by atoms with Crippen LogP contribution in [0.5, 0.6) is 5.75 Å². The molecule has 0 spiro atoms. The summed E-state index contributed by atoms with van der Waals surface area (Å²) in [4.78, 5) is 23.9. The number of hydrogen-bond donors (Lipinski definition) is 2. The average molecular weight is 379 g/mol. The van der Waals surface area contributed by atoms with Gasteiger partial charge in [-0.15, -0.1) is 0 Å². The van der Waals surface area contributed by atoms with Gasteiger partial charge in [0.2, 0.25) is 5.91 Å². The van der Waals surface area contributed by atoms with Crippen molar-refractivity contribution in [2.45, 2.75) is 25.4 Å². The number of nitrogens with one attached hydrogen (secondary N) is 1. The van der Waals surface area contributed by atoms with Crippen molar-refractivity contribution < 1.29 is 9.90 Å². The van der Waals surface area contributed by atoms with Crippen molar-refractivity contribution in [3.63, 3.8) is 0 Å². The molecule has 1 aromatic heterocycles. The zero-order chi connectivity index (χ0) is 19.1. The molecule has 4 heterocycles. The van der Waals surface area contributed by atoms with Gasteiger partial charge in [-0.25, -0.2) is 4.98 Å². The Bertz CT molecular complexity index is 894. The number of aromatic hydroxyl groups is 1. The van der Waals surface area contributed by atoms with Crippen LogP contribution in [0.1, 0.15) is 18.4 Å². The SMILES string of the molecule is O=C1Nc2cc(CN3CCN(c4cccc(O)c4)CC3)cnc2N2CCC[C@@H]12. The largest absolute Gasteiger partial charge is 0.508 e. The molecule has 146 valence electrons. The number of rotatable bonds is 3. The Kier molecular flexibility index (Phi) is 4.31. The Morgan fingerprint density at radius 1 is 1.14 bits per heavy atom. The fourth-order valence-corrected chi connectivity index (χ4v) is 4.53. The molecule has 0 bridgehead atoms. The molecule has 1 aromatic carbocycles. The number of carbonyl (C=O) groups excluding carboxylic acids is 1. The van der Waals surface area contributed by atoms with Gasteiger partial charge in [-0.05, 0) is 36.6 Å². The predicted octanol–water partition coefficient (Wildman–Crippen LogP) is 2.03. The molecule has 2 aromatic rings. The number of anilines is 3. The van der Waals surface area contributed by atoms with E-state index in [2.05, 4.69) is 31.1 Å². The maximum Gasteiger partial charge on any atom is 0.247 e. The average Bonchev–Trinajstić information content (AvgIpc) is 3.19. The lowest BCUT2D eigenvalue weighted by Crippen LogP contribution is -2.46. The van der Waals surface area contributed by atoms with Crippen molar-refractivity contribution in [1.29, 1.82) is 0 Å². The first-order chi connectivity index (χ1) is 13.7. The van der Waals surface area contributed by atoms with Gasteiger partial charge in [-0.2, -0.15) is 0 Å². The van der Waals surface area contributed by atoms with Gasteiger partial charge in [0.25, 0.3) is 0 Å². The van der Waals surface area contributed by atoms with E-state index >= 15 is 0 Å². The first kappa shape index (κ1) is 17.3. The van der Waals surface area contributed by atoms with Crippen molar-refractivity contribution in [2.75, 3.05) is 47.8 Å². The van der Waals surface area contributed by atoms with Crippen molar-refractivity contribution in [3.8, 4) is 5.75 Å². The number of nitrogens with zero attached hydrogens (tertiary/aromatic N) is 4. The number of carbonyl (C=O) groups is 1. The minimum atomic E-state index is -0.0450. The molecule has 7 nitrogen and oxygen atoms in total. The van der Waals surface area contributed by atoms with E-state index in [0.29, 0.717) is 5.75 Å². The Balaban J connectivity index is 1.24. The third-order valence-corrected chi connectivity index (χ3v) is 5.98. The Labute approximate surface area is 164 Å². The molecule has 0 aliphatic carbocycles. The number of fused-ring (bicyclic) bond motifs is 3. The minimum absolute atomic E-state index is 0.0450. The number of benzene rings is 1. The molecule has 2 N–H and O–H groups in total. The molecule has 1 atom stereocenters. The van der Waals surface area contributed by atoms with E-state index in [0.717, 1.165) is 74.9 Å². The Morgan fingerprint density at radius 3 is 2.82 bits per heavy atom. The summed E-state index contributed by atoms with van der Waals surface area (Å²) in [6.07, 6.45) is 3.91. The predicted molar refractivity (Wildman–Crippen MR) is 109 cm³/mol. The van der Waals surface area contributed by atoms with Crippen LogP contribution < -0.4 is 15.1 Å². The summed E-state index contributed by atoms with van der Waals surface area (Å²) in [5.74, 6) is 1.32. The van der Waals surface area contributed by atoms with Crippen LogP contribution in [0.4, 0.5) is 17.2 Å². The van der Waals surface area contributed by atoms with E-state index in [1.165, 1.54) is 0 Å². The highest BCUT2D eigenvalue weighted by Gasteiger charge is 2.37. The second kappa shape index (κ2) is 6.98. The van der Waals surface area contributed by atoms with Crippen molar-refractivity contribution in [1.82, 2.24) is 9.88 Å². The lowest BCUT2D eigenvalue weighted by Gasteiger charge is -2.36. The maximum absolute atomic E-state index is 12.3. The molecule has 2 saturated heterocycles. The van der Waals surface area contributed by atoms with Gasteiger partial charge in [0.15, 0.2) is 5.82 Å². The fourth-order valence-electron chi connectivity index (χ4n) is 4.53. The van der Waals surface area contributed by atoms with Crippen LogP contribution in [0.3, 0.4) is 0 Å². The second-order valence-corrected chi connectivity index (χ2v) is 7.84. The van der Waals surface area contributed by atoms with E-state index in [1.54, 1.807) is 6.07 Å². The smallest absolute Gasteiger partial charge is 0.247 e. The number of hydrogen-bond acceptors (Lipinski definition) is 6. The summed E-state index contributed by atoms with van der Waals surface area (Å²) < 4.78 is 0. The van der Waals surface area contributed by atoms with Gasteiger partial charge in [-0.3, -0.25) is 9.69 Å². The standard InChI is InChI=1S/C21H25N5O2/c27-17-4-1-3-16(12-17)25-9-7-24(8-10-25)14-15-11-18-20(22-13-15)26-6-2-5-19(26)21(28)23-18/h1,3-4,11-13,19,27H,2,5-10,14H2,(H,23,28)/t19-/m0/s1.